The maximum Gasteiger partial charge on any atom is 0.410 e. The van der Waals surface area contributed by atoms with Crippen molar-refractivity contribution in [3.8, 4) is 22.5 Å². The molecule has 4 aromatic rings. The van der Waals surface area contributed by atoms with Crippen LogP contribution in [0.25, 0.3) is 22.5 Å². The lowest BCUT2D eigenvalue weighted by Gasteiger charge is -2.33. The number of nitrogens with one attached hydrogen (secondary N) is 5. The van der Waals surface area contributed by atoms with E-state index in [4.69, 9.17) is 19.4 Å². The van der Waals surface area contributed by atoms with E-state index >= 15 is 0 Å². The summed E-state index contributed by atoms with van der Waals surface area (Å²) in [6, 6.07) is 15.6. The first kappa shape index (κ1) is 50.1. The van der Waals surface area contributed by atoms with E-state index in [0.29, 0.717) is 62.5 Å². The Hall–Kier alpha value is -6.92. The lowest BCUT2D eigenvalue weighted by Crippen LogP contribution is -2.48. The first-order chi connectivity index (χ1) is 31.3. The number of tetrazole rings is 1. The minimum absolute atomic E-state index is 0.0839. The standard InChI is InChI=1S/C46H60N10O7.CH2O2/c1-28-24-37(41(58)50-35-20-22-56(23-21-35)44(61)63-46(5,6)7)47-27-36(28)31-12-8-29(9-13-31)25-38(42(59)49-34-18-16-32(17-19-34)39-52-54-55-53-39)51-40(57)33-14-10-30(11-15-33)26-48-43(60)62-45(2,3)4;2-1-3/h8-9,12-13,16-19,24,27,30,33,35,38H,10-11,14-15,20-23,25-26H2,1-7H3,(H,48,60)(H,49,59)(H,50,58)(H,51,57)(H,52,53,54,55);1H,(H,2,3)/t30-,33-,38-;/m0./s1. The van der Waals surface area contributed by atoms with Crippen LogP contribution in [0.15, 0.2) is 60.8 Å². The zero-order valence-electron chi connectivity index (χ0n) is 38.7. The number of ether oxygens (including phenoxy) is 2. The molecule has 1 atom stereocenters. The van der Waals surface area contributed by atoms with Gasteiger partial charge in [-0.15, -0.1) is 5.10 Å². The SMILES string of the molecule is Cc1cc(C(=O)NC2CCN(C(=O)OC(C)(C)C)CC2)ncc1-c1ccc(C[C@H](NC(=O)[C@H]2CC[C@H](CNC(=O)OC(C)(C)C)CC2)C(=O)Nc2ccc(-c3nnn[nH]3)cc2)cc1.O=CO. The van der Waals surface area contributed by atoms with E-state index in [-0.39, 0.29) is 54.6 Å². The largest absolute Gasteiger partial charge is 0.483 e. The van der Waals surface area contributed by atoms with E-state index in [2.05, 4.69) is 46.9 Å². The number of carbonyl (C=O) groups is 6. The first-order valence-corrected chi connectivity index (χ1v) is 22.2. The molecule has 1 aliphatic heterocycles. The van der Waals surface area contributed by atoms with Gasteiger partial charge >= 0.3 is 12.2 Å². The molecule has 2 aliphatic rings. The molecule has 0 bridgehead atoms. The number of anilines is 1. The number of rotatable bonds is 12. The number of nitrogens with zero attached hydrogens (tertiary/aromatic N) is 5. The van der Waals surface area contributed by atoms with E-state index in [9.17, 15) is 24.0 Å². The Balaban J connectivity index is 0.00000265. The number of pyridine rings is 1. The molecule has 3 heterocycles. The van der Waals surface area contributed by atoms with Crippen molar-refractivity contribution < 1.29 is 43.3 Å². The summed E-state index contributed by atoms with van der Waals surface area (Å²) in [7, 11) is 0. The molecule has 0 radical (unpaired) electrons. The smallest absolute Gasteiger partial charge is 0.410 e. The Morgan fingerprint density at radius 3 is 2.08 bits per heavy atom. The molecule has 2 aromatic carbocycles. The highest BCUT2D eigenvalue weighted by atomic mass is 16.6. The van der Waals surface area contributed by atoms with E-state index in [1.54, 1.807) is 41.4 Å². The number of likely N-dealkylation sites (tertiary alicyclic amines) is 1. The summed E-state index contributed by atoms with van der Waals surface area (Å²) >= 11 is 0. The van der Waals surface area contributed by atoms with Gasteiger partial charge in [-0.2, -0.15) is 0 Å². The van der Waals surface area contributed by atoms with Gasteiger partial charge in [-0.25, -0.2) is 14.7 Å². The summed E-state index contributed by atoms with van der Waals surface area (Å²) in [4.78, 5) is 80.0. The fraction of sp³-hybridized carbons (Fsp3) is 0.489. The van der Waals surface area contributed by atoms with Crippen LogP contribution in [-0.4, -0.2) is 115 Å². The number of carboxylic acid groups (broad SMARTS) is 1. The van der Waals surface area contributed by atoms with Crippen LogP contribution in [0.5, 0.6) is 0 Å². The van der Waals surface area contributed by atoms with Crippen molar-refractivity contribution in [1.29, 1.82) is 0 Å². The molecular weight excluding hydrogens is 849 g/mol. The number of aromatic amines is 1. The maximum atomic E-state index is 13.9. The van der Waals surface area contributed by atoms with Crippen molar-refractivity contribution in [3.63, 3.8) is 0 Å². The van der Waals surface area contributed by atoms with Crippen LogP contribution in [0.3, 0.4) is 0 Å². The molecule has 19 nitrogen and oxygen atoms in total. The molecule has 19 heteroatoms. The molecular formula is C47H62N10O9. The van der Waals surface area contributed by atoms with Crippen LogP contribution in [0.4, 0.5) is 15.3 Å². The number of alkyl carbamates (subject to hydrolysis) is 1. The Labute approximate surface area is 384 Å². The molecule has 1 saturated carbocycles. The van der Waals surface area contributed by atoms with Crippen LogP contribution < -0.4 is 21.3 Å². The van der Waals surface area contributed by atoms with Gasteiger partial charge in [-0.3, -0.25) is 24.2 Å². The summed E-state index contributed by atoms with van der Waals surface area (Å²) in [5.74, 6) is -0.366. The van der Waals surface area contributed by atoms with Crippen molar-refractivity contribution in [1.82, 2.24) is 46.5 Å². The normalized spacial score (nSPS) is 16.9. The van der Waals surface area contributed by atoms with Gasteiger partial charge in [0, 0.05) is 61.0 Å². The van der Waals surface area contributed by atoms with Crippen LogP contribution >= 0.6 is 0 Å². The summed E-state index contributed by atoms with van der Waals surface area (Å²) in [5, 5.41) is 32.7. The Bertz CT molecular complexity index is 2260. The van der Waals surface area contributed by atoms with Crippen LogP contribution in [-0.2, 0) is 30.3 Å². The van der Waals surface area contributed by atoms with Gasteiger partial charge in [-0.1, -0.05) is 24.3 Å². The number of aryl methyl sites for hydroxylation is 1. The first-order valence-electron chi connectivity index (χ1n) is 22.2. The highest BCUT2D eigenvalue weighted by molar-refractivity contribution is 5.98. The molecule has 5 amide bonds. The molecule has 6 rings (SSSR count). The van der Waals surface area contributed by atoms with Crippen molar-refractivity contribution in [3.05, 3.63) is 77.6 Å². The van der Waals surface area contributed by atoms with Crippen LogP contribution in [0.1, 0.15) is 102 Å². The monoisotopic (exact) mass is 910 g/mol. The van der Waals surface area contributed by atoms with Crippen molar-refractivity contribution in [2.75, 3.05) is 25.0 Å². The van der Waals surface area contributed by atoms with Gasteiger partial charge in [0.05, 0.1) is 0 Å². The minimum Gasteiger partial charge on any atom is -0.483 e. The predicted molar refractivity (Wildman–Crippen MR) is 245 cm³/mol. The van der Waals surface area contributed by atoms with Gasteiger partial charge in [0.25, 0.3) is 12.4 Å². The van der Waals surface area contributed by atoms with Gasteiger partial charge in [0.1, 0.15) is 22.9 Å². The number of amides is 5. The highest BCUT2D eigenvalue weighted by Crippen LogP contribution is 2.30. The fourth-order valence-corrected chi connectivity index (χ4v) is 7.72. The average molecular weight is 911 g/mol. The average Bonchev–Trinajstić information content (AvgIpc) is 3.81. The third-order valence-electron chi connectivity index (χ3n) is 11.1. The van der Waals surface area contributed by atoms with Crippen molar-refractivity contribution >= 4 is 42.1 Å². The number of hydrogen-bond acceptors (Lipinski definition) is 12. The number of H-pyrrole nitrogens is 1. The number of piperidine rings is 1. The minimum atomic E-state index is -0.876. The maximum absolute atomic E-state index is 13.9. The zero-order valence-corrected chi connectivity index (χ0v) is 38.7. The molecule has 1 aliphatic carbocycles. The molecule has 0 spiro atoms. The lowest BCUT2D eigenvalue weighted by atomic mass is 9.81. The Kier molecular flexibility index (Phi) is 17.3. The quantitative estimate of drug-likeness (QED) is 0.0884. The second kappa shape index (κ2) is 22.8. The van der Waals surface area contributed by atoms with Gasteiger partial charge < -0.3 is 40.7 Å². The highest BCUT2D eigenvalue weighted by Gasteiger charge is 2.31. The molecule has 66 heavy (non-hydrogen) atoms. The Morgan fingerprint density at radius 1 is 0.879 bits per heavy atom. The van der Waals surface area contributed by atoms with Gasteiger partial charge in [0.2, 0.25) is 11.8 Å². The van der Waals surface area contributed by atoms with Crippen molar-refractivity contribution in [2.45, 2.75) is 117 Å². The zero-order chi connectivity index (χ0) is 48.0. The van der Waals surface area contributed by atoms with Gasteiger partial charge in [0.15, 0.2) is 5.82 Å². The van der Waals surface area contributed by atoms with E-state index in [1.807, 2.05) is 72.7 Å². The third kappa shape index (κ3) is 15.4. The molecule has 6 N–H and O–H groups in total. The van der Waals surface area contributed by atoms with Crippen LogP contribution in [0.2, 0.25) is 0 Å². The van der Waals surface area contributed by atoms with E-state index in [0.717, 1.165) is 40.7 Å². The summed E-state index contributed by atoms with van der Waals surface area (Å²) < 4.78 is 10.9. The Morgan fingerprint density at radius 2 is 1.50 bits per heavy atom. The predicted octanol–water partition coefficient (Wildman–Crippen LogP) is 6.06. The molecule has 1 saturated heterocycles. The van der Waals surface area contributed by atoms with E-state index < -0.39 is 23.3 Å². The number of benzene rings is 2. The molecule has 2 fully saturated rings. The lowest BCUT2D eigenvalue weighted by molar-refractivity contribution is -0.130. The molecule has 2 aromatic heterocycles. The fourth-order valence-electron chi connectivity index (χ4n) is 7.72. The second-order valence-corrected chi connectivity index (χ2v) is 18.6. The number of hydrogen-bond donors (Lipinski definition) is 6. The summed E-state index contributed by atoms with van der Waals surface area (Å²) in [6.45, 7) is 14.1. The van der Waals surface area contributed by atoms with Gasteiger partial charge in [-0.05, 0) is 150 Å². The van der Waals surface area contributed by atoms with E-state index in [1.165, 1.54) is 0 Å². The third-order valence-corrected chi connectivity index (χ3v) is 11.1. The van der Waals surface area contributed by atoms with Crippen molar-refractivity contribution in [2.24, 2.45) is 11.8 Å². The second-order valence-electron chi connectivity index (χ2n) is 18.6. The molecule has 354 valence electrons. The topological polar surface area (TPSA) is 260 Å². The van der Waals surface area contributed by atoms with Crippen LogP contribution in [0, 0.1) is 18.8 Å². The summed E-state index contributed by atoms with van der Waals surface area (Å²) in [5.41, 5.74) is 3.90. The molecule has 0 unspecified atom stereocenters. The summed E-state index contributed by atoms with van der Waals surface area (Å²) in [6.07, 6.45) is 5.16. The number of aromatic nitrogens is 5. The number of carbonyl (C=O) groups excluding carboxylic acids is 5.